The van der Waals surface area contributed by atoms with E-state index >= 15 is 0 Å². The number of pyridine rings is 3. The van der Waals surface area contributed by atoms with E-state index < -0.39 is 0 Å². The number of aryl methyl sites for hydroxylation is 12. The fourth-order valence-corrected chi connectivity index (χ4v) is 7.99. The minimum atomic E-state index is -0.00875. The van der Waals surface area contributed by atoms with Gasteiger partial charge in [-0.05, 0) is 207 Å². The first-order chi connectivity index (χ1) is 35.5. The molecule has 0 aromatic carbocycles. The highest BCUT2D eigenvalue weighted by molar-refractivity contribution is 7.14. The van der Waals surface area contributed by atoms with Crippen LogP contribution in [0.1, 0.15) is 134 Å². The number of nitrogens with zero attached hydrogens (tertiary/aromatic N) is 9. The van der Waals surface area contributed by atoms with Crippen LogP contribution in [-0.4, -0.2) is 61.6 Å². The third kappa shape index (κ3) is 33.3. The second-order valence-electron chi connectivity index (χ2n) is 18.4. The SMILES string of the molecule is CC(=O)Nc1sccc1C.CC1CCC(O)CC1.CCn1ccnc1C.Cc1cc(C)nc(C)c1.Cc1cccnc1.Cc1ccsc1.Cc1cncc(Cl)c1.Cc1ncc(C(C)C)cn1.Cc1ncc(C)c(N)n1. The van der Waals surface area contributed by atoms with Crippen LogP contribution in [0.15, 0.2) is 114 Å². The van der Waals surface area contributed by atoms with Gasteiger partial charge in [0.2, 0.25) is 5.91 Å². The number of aromatic nitrogens is 9. The Balaban J connectivity index is 0.000000423. The van der Waals surface area contributed by atoms with Crippen LogP contribution in [0.2, 0.25) is 5.02 Å². The Hall–Kier alpha value is -6.26. The lowest BCUT2D eigenvalue weighted by Crippen LogP contribution is -2.15. The number of nitrogens with two attached hydrogens (primary N) is 1. The van der Waals surface area contributed by atoms with Gasteiger partial charge in [0.25, 0.3) is 0 Å². The van der Waals surface area contributed by atoms with Crippen LogP contribution in [0, 0.1) is 82.1 Å². The fourth-order valence-electron chi connectivity index (χ4n) is 6.23. The number of aliphatic hydroxyl groups excluding tert-OH is 1. The summed E-state index contributed by atoms with van der Waals surface area (Å²) in [4.78, 5) is 42.6. The molecule has 8 heterocycles. The maximum Gasteiger partial charge on any atom is 0.221 e. The van der Waals surface area contributed by atoms with Crippen molar-refractivity contribution < 1.29 is 9.90 Å². The van der Waals surface area contributed by atoms with Crippen LogP contribution < -0.4 is 11.1 Å². The zero-order chi connectivity index (χ0) is 56.3. The van der Waals surface area contributed by atoms with E-state index in [0.717, 1.165) is 75.9 Å². The molecular weight excluding hydrogens is 994 g/mol. The van der Waals surface area contributed by atoms with Gasteiger partial charge in [-0.2, -0.15) is 11.3 Å². The van der Waals surface area contributed by atoms with E-state index in [2.05, 4.69) is 120 Å². The standard InChI is InChI=1S/C8H12N2.C8H11N.C7H9NOS.C7H14O.C6H6ClN.C6H9N3.C6H10N2.C6H7N.C5H6S/c1-6(2)8-4-9-7(3)10-5-8;1-6-4-7(2)9-8(3)5-6;1-5-3-4-10-7(5)8-6(2)9;1-6-2-4-7(8)5-3-6;1-5-2-6(7)4-8-3-5;1-4-3-8-5(2)9-6(4)7;1-3-8-5-4-7-6(8)2;1-6-3-2-4-7-5-6;1-5-2-3-6-4-5/h4-6H,1-3H3;4-5H,1-3H3;3-4H,1-2H3,(H,8,9);6-8H,2-5H2,1H3;2-4H,1H3;3H,1-2H3,(H2,7,8,9);4-5H,3H2,1-2H3;2-5H,1H3;2-4H,1H3. The molecule has 9 rings (SSSR count). The quantitative estimate of drug-likeness (QED) is 0.153. The van der Waals surface area contributed by atoms with E-state index in [1.54, 1.807) is 47.5 Å². The number of carbonyl (C=O) groups excluding carboxylic acids is 1. The Labute approximate surface area is 462 Å². The van der Waals surface area contributed by atoms with Crippen LogP contribution in [0.4, 0.5) is 10.8 Å². The molecule has 1 amide bonds. The van der Waals surface area contributed by atoms with E-state index in [9.17, 15) is 4.79 Å². The van der Waals surface area contributed by atoms with Crippen LogP contribution >= 0.6 is 34.3 Å². The number of amides is 1. The van der Waals surface area contributed by atoms with Crippen molar-refractivity contribution >= 4 is 51.0 Å². The Morgan fingerprint density at radius 1 is 0.733 bits per heavy atom. The normalized spacial score (nSPS) is 12.7. The lowest BCUT2D eigenvalue weighted by Gasteiger charge is -2.21. The predicted octanol–water partition coefficient (Wildman–Crippen LogP) is 14.9. The van der Waals surface area contributed by atoms with Gasteiger partial charge in [0.1, 0.15) is 23.3 Å². The van der Waals surface area contributed by atoms with Crippen LogP contribution in [0.3, 0.4) is 0 Å². The lowest BCUT2D eigenvalue weighted by molar-refractivity contribution is -0.114. The van der Waals surface area contributed by atoms with Gasteiger partial charge in [-0.25, -0.2) is 24.9 Å². The first-order valence-electron chi connectivity index (χ1n) is 25.1. The Morgan fingerprint density at radius 2 is 1.36 bits per heavy atom. The number of nitrogen functional groups attached to an aromatic ring is 1. The predicted molar refractivity (Wildman–Crippen MR) is 317 cm³/mol. The summed E-state index contributed by atoms with van der Waals surface area (Å²) in [5.41, 5.74) is 15.9. The highest BCUT2D eigenvalue weighted by Gasteiger charge is 2.14. The van der Waals surface area contributed by atoms with Crippen LogP contribution in [-0.2, 0) is 11.3 Å². The van der Waals surface area contributed by atoms with Crippen LogP contribution in [0.25, 0.3) is 0 Å². The summed E-state index contributed by atoms with van der Waals surface area (Å²) >= 11 is 8.87. The summed E-state index contributed by atoms with van der Waals surface area (Å²) in [6.07, 6.45) is 20.8. The average molecular weight is 1080 g/mol. The number of imidazole rings is 1. The van der Waals surface area contributed by atoms with Crippen molar-refractivity contribution in [2.45, 2.75) is 155 Å². The van der Waals surface area contributed by atoms with Gasteiger partial charge in [-0.3, -0.25) is 19.7 Å². The first kappa shape index (κ1) is 66.8. The molecule has 1 fully saturated rings. The van der Waals surface area contributed by atoms with Crippen LogP contribution in [0.5, 0.6) is 0 Å². The molecule has 0 saturated heterocycles. The summed E-state index contributed by atoms with van der Waals surface area (Å²) in [5, 5.41) is 19.6. The second kappa shape index (κ2) is 38.3. The fraction of sp³-hybridized carbons (Fsp3) is 0.407. The Morgan fingerprint density at radius 3 is 1.71 bits per heavy atom. The molecule has 8 aromatic rings. The summed E-state index contributed by atoms with van der Waals surface area (Å²) in [7, 11) is 0. The van der Waals surface area contributed by atoms with E-state index in [1.807, 2.05) is 123 Å². The van der Waals surface area contributed by atoms with E-state index in [0.29, 0.717) is 16.8 Å². The highest BCUT2D eigenvalue weighted by atomic mass is 35.5. The zero-order valence-corrected chi connectivity index (χ0v) is 49.8. The highest BCUT2D eigenvalue weighted by Crippen LogP contribution is 2.23. The molecule has 1 saturated carbocycles. The van der Waals surface area contributed by atoms with Crippen molar-refractivity contribution in [2.24, 2.45) is 5.92 Å². The summed E-state index contributed by atoms with van der Waals surface area (Å²) in [5.74, 6) is 4.60. The van der Waals surface area contributed by atoms with Crippen molar-refractivity contribution in [3.05, 3.63) is 187 Å². The van der Waals surface area contributed by atoms with Gasteiger partial charge in [-0.15, -0.1) is 11.3 Å². The van der Waals surface area contributed by atoms with Crippen molar-refractivity contribution in [3.63, 3.8) is 0 Å². The first-order valence-corrected chi connectivity index (χ1v) is 27.4. The number of rotatable bonds is 3. The van der Waals surface area contributed by atoms with Crippen molar-refractivity contribution in [1.29, 1.82) is 0 Å². The monoisotopic (exact) mass is 1080 g/mol. The van der Waals surface area contributed by atoms with Gasteiger partial charge in [-0.1, -0.05) is 38.4 Å². The molecule has 0 atom stereocenters. The number of anilines is 2. The molecule has 0 spiro atoms. The molecule has 4 N–H and O–H groups in total. The number of aliphatic hydroxyl groups is 1. The van der Waals surface area contributed by atoms with Gasteiger partial charge < -0.3 is 20.7 Å². The molecule has 0 radical (unpaired) electrons. The van der Waals surface area contributed by atoms with Crippen molar-refractivity contribution in [3.8, 4) is 0 Å². The number of halogens is 1. The molecule has 75 heavy (non-hydrogen) atoms. The molecule has 16 heteroatoms. The maximum absolute atomic E-state index is 10.6. The molecule has 406 valence electrons. The number of nitrogens with one attached hydrogen (secondary N) is 1. The smallest absolute Gasteiger partial charge is 0.221 e. The molecule has 0 aliphatic heterocycles. The lowest BCUT2D eigenvalue weighted by atomic mass is 9.89. The number of carbonyl (C=O) groups is 1. The molecule has 1 aliphatic rings. The molecular formula is C59H84ClN11O2S2. The summed E-state index contributed by atoms with van der Waals surface area (Å²) in [6.45, 7) is 32.9. The summed E-state index contributed by atoms with van der Waals surface area (Å²) < 4.78 is 2.10. The second-order valence-corrected chi connectivity index (χ2v) is 20.6. The number of thiophene rings is 2. The minimum Gasteiger partial charge on any atom is -0.393 e. The van der Waals surface area contributed by atoms with Crippen molar-refractivity contribution in [2.75, 3.05) is 11.1 Å². The number of hydrogen-bond donors (Lipinski definition) is 3. The Kier molecular flexibility index (Phi) is 34.1. The van der Waals surface area contributed by atoms with E-state index in [4.69, 9.17) is 22.4 Å². The number of hydrogen-bond acceptors (Lipinski definition) is 13. The molecule has 8 aromatic heterocycles. The van der Waals surface area contributed by atoms with Gasteiger partial charge in [0.05, 0.1) is 16.1 Å². The topological polar surface area (TPSA) is 183 Å². The average Bonchev–Trinajstić information content (AvgIpc) is 4.12. The van der Waals surface area contributed by atoms with Gasteiger partial charge in [0.15, 0.2) is 0 Å². The third-order valence-electron chi connectivity index (χ3n) is 10.5. The summed E-state index contributed by atoms with van der Waals surface area (Å²) in [6, 6.07) is 14.1. The maximum atomic E-state index is 10.6. The van der Waals surface area contributed by atoms with Gasteiger partial charge >= 0.3 is 0 Å². The molecule has 0 unspecified atom stereocenters. The van der Waals surface area contributed by atoms with E-state index in [-0.39, 0.29) is 12.0 Å². The third-order valence-corrected chi connectivity index (χ3v) is 12.5. The zero-order valence-electron chi connectivity index (χ0n) is 47.4. The van der Waals surface area contributed by atoms with Gasteiger partial charge in [0, 0.05) is 86.2 Å². The molecule has 13 nitrogen and oxygen atoms in total. The molecule has 1 aliphatic carbocycles. The minimum absolute atomic E-state index is 0.00875. The van der Waals surface area contributed by atoms with Crippen molar-refractivity contribution in [1.82, 2.24) is 44.4 Å². The largest absolute Gasteiger partial charge is 0.393 e. The molecule has 0 bridgehead atoms. The Bertz CT molecular complexity index is 2640. The van der Waals surface area contributed by atoms with E-state index in [1.165, 1.54) is 42.0 Å².